The Balaban J connectivity index is 0. The smallest absolute Gasteiger partial charge is 0.0395 e. The lowest BCUT2D eigenvalue weighted by atomic mass is 10.1. The van der Waals surface area contributed by atoms with Crippen molar-refractivity contribution >= 4 is 0 Å². The summed E-state index contributed by atoms with van der Waals surface area (Å²) in [5.41, 5.74) is 5.47. The molecule has 0 heteroatoms. The first-order valence-electron chi connectivity index (χ1n) is 7.07. The summed E-state index contributed by atoms with van der Waals surface area (Å²) in [6, 6.07) is 16.7. The second-order valence-electron chi connectivity index (χ2n) is 4.88. The minimum Gasteiger partial charge on any atom is -0.0776 e. The monoisotopic (exact) mass is 272 g/mol. The number of aryl methyl sites for hydroxylation is 4. The predicted molar refractivity (Wildman–Crippen MR) is 94.5 cm³/mol. The van der Waals surface area contributed by atoms with Crippen molar-refractivity contribution in [2.75, 3.05) is 0 Å². The van der Waals surface area contributed by atoms with Crippen molar-refractivity contribution in [1.29, 1.82) is 0 Å². The molecule has 0 N–H and O–H groups in total. The van der Waals surface area contributed by atoms with Gasteiger partial charge in [0.05, 0.1) is 0 Å². The van der Waals surface area contributed by atoms with Crippen LogP contribution in [-0.4, -0.2) is 0 Å². The van der Waals surface area contributed by atoms with Gasteiger partial charge in [-0.05, 0) is 49.9 Å². The highest BCUT2D eigenvalue weighted by atomic mass is 13.9. The summed E-state index contributed by atoms with van der Waals surface area (Å²) < 4.78 is 0. The molecule has 0 aliphatic rings. The van der Waals surface area contributed by atoms with Gasteiger partial charge in [-0.2, -0.15) is 0 Å². The molecule has 2 aromatic carbocycles. The summed E-state index contributed by atoms with van der Waals surface area (Å²) >= 11 is 0. The van der Waals surface area contributed by atoms with Crippen LogP contribution in [0.1, 0.15) is 49.9 Å². The van der Waals surface area contributed by atoms with E-state index < -0.39 is 0 Å². The van der Waals surface area contributed by atoms with E-state index in [0.717, 1.165) is 0 Å². The molecule has 0 aromatic heterocycles. The maximum atomic E-state index is 2.12. The first kappa shape index (κ1) is 20.8. The highest BCUT2D eigenvalue weighted by Gasteiger charge is 1.84. The molecule has 0 nitrogen and oxygen atoms in total. The zero-order valence-electron chi connectivity index (χ0n) is 13.3. The van der Waals surface area contributed by atoms with Gasteiger partial charge in [-0.3, -0.25) is 0 Å². The molecule has 0 aliphatic carbocycles. The average Bonchev–Trinajstić information content (AvgIpc) is 2.38. The normalized spacial score (nSPS) is 8.30. The third kappa shape index (κ3) is 9.38. The standard InChI is InChI=1S/2C8H10.C3H8.CH4/c2*1-7-5-3-4-6-8(7)2;1-3-2;/h2*3-6H,1-2H3;3H2,1-2H3;1H4. The van der Waals surface area contributed by atoms with Crippen LogP contribution in [0.15, 0.2) is 48.5 Å². The van der Waals surface area contributed by atoms with Crippen LogP contribution in [0.5, 0.6) is 0 Å². The summed E-state index contributed by atoms with van der Waals surface area (Å²) in [4.78, 5) is 0. The van der Waals surface area contributed by atoms with Gasteiger partial charge in [0.1, 0.15) is 0 Å². The number of hydrogen-bond donors (Lipinski definition) is 0. The van der Waals surface area contributed by atoms with E-state index in [0.29, 0.717) is 0 Å². The summed E-state index contributed by atoms with van der Waals surface area (Å²) in [7, 11) is 0. The van der Waals surface area contributed by atoms with Crippen LogP contribution in [-0.2, 0) is 0 Å². The topological polar surface area (TPSA) is 0 Å². The Kier molecular flexibility index (Phi) is 12.9. The Morgan fingerprint density at radius 2 is 0.700 bits per heavy atom. The molecule has 0 fully saturated rings. The molecule has 0 aliphatic heterocycles. The molecule has 0 saturated heterocycles. The number of rotatable bonds is 0. The van der Waals surface area contributed by atoms with Crippen molar-refractivity contribution in [3.63, 3.8) is 0 Å². The largest absolute Gasteiger partial charge is 0.0776 e. The number of hydrogen-bond acceptors (Lipinski definition) is 0. The van der Waals surface area contributed by atoms with E-state index in [-0.39, 0.29) is 7.43 Å². The second kappa shape index (κ2) is 12.5. The molecule has 2 aromatic rings. The molecule has 0 spiro atoms. The zero-order valence-corrected chi connectivity index (χ0v) is 13.3. The second-order valence-corrected chi connectivity index (χ2v) is 4.88. The first-order valence-corrected chi connectivity index (χ1v) is 7.07. The van der Waals surface area contributed by atoms with Gasteiger partial charge in [0.15, 0.2) is 0 Å². The molecule has 0 atom stereocenters. The van der Waals surface area contributed by atoms with Crippen molar-refractivity contribution in [1.82, 2.24) is 0 Å². The summed E-state index contributed by atoms with van der Waals surface area (Å²) in [6.45, 7) is 12.7. The fourth-order valence-corrected chi connectivity index (χ4v) is 1.33. The van der Waals surface area contributed by atoms with Gasteiger partial charge < -0.3 is 0 Å². The van der Waals surface area contributed by atoms with E-state index in [4.69, 9.17) is 0 Å². The van der Waals surface area contributed by atoms with Gasteiger partial charge in [-0.1, -0.05) is 76.2 Å². The Hall–Kier alpha value is -1.56. The van der Waals surface area contributed by atoms with Crippen LogP contribution in [0.25, 0.3) is 0 Å². The van der Waals surface area contributed by atoms with Crippen molar-refractivity contribution in [2.45, 2.75) is 55.4 Å². The molecule has 0 saturated carbocycles. The maximum Gasteiger partial charge on any atom is -0.0395 e. The van der Waals surface area contributed by atoms with E-state index in [9.17, 15) is 0 Å². The van der Waals surface area contributed by atoms with Crippen molar-refractivity contribution in [2.24, 2.45) is 0 Å². The molecule has 0 heterocycles. The van der Waals surface area contributed by atoms with Crippen LogP contribution in [0.4, 0.5) is 0 Å². The molecule has 0 bridgehead atoms. The van der Waals surface area contributed by atoms with E-state index in [1.165, 1.54) is 28.7 Å². The van der Waals surface area contributed by atoms with Crippen LogP contribution in [0, 0.1) is 27.7 Å². The minimum atomic E-state index is 0. The fraction of sp³-hybridized carbons (Fsp3) is 0.400. The predicted octanol–water partition coefficient (Wildman–Crippen LogP) is 6.66. The highest BCUT2D eigenvalue weighted by molar-refractivity contribution is 5.23. The van der Waals surface area contributed by atoms with Crippen LogP contribution in [0.3, 0.4) is 0 Å². The Morgan fingerprint density at radius 3 is 0.800 bits per heavy atom. The Morgan fingerprint density at radius 1 is 0.550 bits per heavy atom. The number of benzene rings is 2. The molecule has 20 heavy (non-hydrogen) atoms. The maximum absolute atomic E-state index is 2.12. The van der Waals surface area contributed by atoms with Crippen molar-refractivity contribution < 1.29 is 0 Å². The van der Waals surface area contributed by atoms with Gasteiger partial charge in [-0.15, -0.1) is 0 Å². The van der Waals surface area contributed by atoms with Crippen LogP contribution < -0.4 is 0 Å². The lowest BCUT2D eigenvalue weighted by molar-refractivity contribution is 1.09. The fourth-order valence-electron chi connectivity index (χ4n) is 1.33. The third-order valence-electron chi connectivity index (χ3n) is 2.85. The van der Waals surface area contributed by atoms with E-state index >= 15 is 0 Å². The Bertz CT molecular complexity index is 370. The lowest BCUT2D eigenvalue weighted by Crippen LogP contribution is -1.74. The molecular formula is C20H32. The summed E-state index contributed by atoms with van der Waals surface area (Å²) in [6.07, 6.45) is 1.25. The van der Waals surface area contributed by atoms with E-state index in [1.54, 1.807) is 0 Å². The molecule has 112 valence electrons. The van der Waals surface area contributed by atoms with Gasteiger partial charge in [-0.25, -0.2) is 0 Å². The highest BCUT2D eigenvalue weighted by Crippen LogP contribution is 2.03. The van der Waals surface area contributed by atoms with Crippen LogP contribution in [0.2, 0.25) is 0 Å². The molecule has 0 radical (unpaired) electrons. The molecular weight excluding hydrogens is 240 g/mol. The van der Waals surface area contributed by atoms with Gasteiger partial charge >= 0.3 is 0 Å². The minimum absolute atomic E-state index is 0. The zero-order chi connectivity index (χ0) is 14.7. The van der Waals surface area contributed by atoms with Gasteiger partial charge in [0.2, 0.25) is 0 Å². The molecule has 0 amide bonds. The van der Waals surface area contributed by atoms with E-state index in [2.05, 4.69) is 90.1 Å². The molecule has 0 unspecified atom stereocenters. The van der Waals surface area contributed by atoms with Gasteiger partial charge in [0.25, 0.3) is 0 Å². The van der Waals surface area contributed by atoms with Crippen molar-refractivity contribution in [3.8, 4) is 0 Å². The summed E-state index contributed by atoms with van der Waals surface area (Å²) in [5, 5.41) is 0. The van der Waals surface area contributed by atoms with Gasteiger partial charge in [0, 0.05) is 0 Å². The SMILES string of the molecule is C.CCC.Cc1ccccc1C.Cc1ccccc1C. The molecule has 2 rings (SSSR count). The Labute approximate surface area is 126 Å². The van der Waals surface area contributed by atoms with E-state index in [1.807, 2.05) is 0 Å². The third-order valence-corrected chi connectivity index (χ3v) is 2.85. The summed E-state index contributed by atoms with van der Waals surface area (Å²) in [5.74, 6) is 0. The van der Waals surface area contributed by atoms with Crippen LogP contribution >= 0.6 is 0 Å². The average molecular weight is 272 g/mol. The lowest BCUT2D eigenvalue weighted by Gasteiger charge is -1.93. The van der Waals surface area contributed by atoms with Crippen molar-refractivity contribution in [3.05, 3.63) is 70.8 Å². The quantitative estimate of drug-likeness (QED) is 0.503. The first-order chi connectivity index (χ1) is 9.02.